The van der Waals surface area contributed by atoms with Gasteiger partial charge in [-0.05, 0) is 5.92 Å². The van der Waals surface area contributed by atoms with Gasteiger partial charge in [0.1, 0.15) is 0 Å². The molecule has 1 radical (unpaired) electrons. The van der Waals surface area contributed by atoms with Crippen LogP contribution in [0.4, 0.5) is 0 Å². The molecule has 187 valence electrons. The molecule has 0 heteroatoms. The normalized spacial score (nSPS) is 12.5. The second-order valence-corrected chi connectivity index (χ2v) is 10.5. The van der Waals surface area contributed by atoms with E-state index in [-0.39, 0.29) is 0 Å². The molecule has 0 bridgehead atoms. The van der Waals surface area contributed by atoms with E-state index >= 15 is 0 Å². The lowest BCUT2D eigenvalue weighted by Crippen LogP contribution is -2.01. The Labute approximate surface area is 200 Å². The Morgan fingerprint density at radius 2 is 0.613 bits per heavy atom. The summed E-state index contributed by atoms with van der Waals surface area (Å²) in [4.78, 5) is 0. The minimum atomic E-state index is 1.02. The van der Waals surface area contributed by atoms with Crippen molar-refractivity contribution in [2.24, 2.45) is 5.92 Å². The van der Waals surface area contributed by atoms with Crippen LogP contribution in [0.5, 0.6) is 0 Å². The van der Waals surface area contributed by atoms with E-state index in [1.165, 1.54) is 167 Å². The molecule has 0 rings (SSSR count). The molecule has 0 saturated heterocycles. The van der Waals surface area contributed by atoms with Crippen LogP contribution >= 0.6 is 0 Å². The molecule has 0 aliphatic rings. The summed E-state index contributed by atoms with van der Waals surface area (Å²) < 4.78 is 0. The Balaban J connectivity index is 3.52. The molecule has 0 aromatic heterocycles. The van der Waals surface area contributed by atoms with Crippen molar-refractivity contribution in [2.45, 2.75) is 187 Å². The molecule has 0 saturated carbocycles. The quantitative estimate of drug-likeness (QED) is 0.112. The Morgan fingerprint density at radius 1 is 0.355 bits per heavy atom. The highest BCUT2D eigenvalue weighted by atomic mass is 14.1. The van der Waals surface area contributed by atoms with E-state index in [1.807, 2.05) is 0 Å². The van der Waals surface area contributed by atoms with Crippen molar-refractivity contribution in [1.29, 1.82) is 0 Å². The molecule has 0 N–H and O–H groups in total. The molecular formula is C31H63. The molecule has 0 spiro atoms. The summed E-state index contributed by atoms with van der Waals surface area (Å²) >= 11 is 0. The summed E-state index contributed by atoms with van der Waals surface area (Å²) in [5.41, 5.74) is 0. The highest BCUT2D eigenvalue weighted by molar-refractivity contribution is 4.62. The van der Waals surface area contributed by atoms with Crippen LogP contribution in [-0.2, 0) is 0 Å². The third kappa shape index (κ3) is 26.1. The van der Waals surface area contributed by atoms with Gasteiger partial charge in [0.05, 0.1) is 0 Å². The Hall–Kier alpha value is 0. The van der Waals surface area contributed by atoms with Crippen LogP contribution in [-0.4, -0.2) is 0 Å². The predicted molar refractivity (Wildman–Crippen MR) is 145 cm³/mol. The molecule has 0 aliphatic carbocycles. The first-order valence-corrected chi connectivity index (χ1v) is 15.1. The fourth-order valence-electron chi connectivity index (χ4n) is 5.06. The van der Waals surface area contributed by atoms with Crippen molar-refractivity contribution < 1.29 is 0 Å². The van der Waals surface area contributed by atoms with Gasteiger partial charge in [-0.3, -0.25) is 0 Å². The largest absolute Gasteiger partial charge is 0.0654 e. The Kier molecular flexibility index (Phi) is 28.0. The molecule has 0 amide bonds. The van der Waals surface area contributed by atoms with Gasteiger partial charge >= 0.3 is 0 Å². The standard InChI is InChI=1S/C31H63/c1-4-7-10-13-14-15-16-17-18-19-20-21-22-24-27-30-31(28-25-12-9-6-3)29-26-23-11-8-5-2/h31H,3-30H2,1-2H3. The van der Waals surface area contributed by atoms with E-state index in [2.05, 4.69) is 20.8 Å². The first-order chi connectivity index (χ1) is 15.3. The number of unbranched alkanes of at least 4 members (excludes halogenated alkanes) is 21. The summed E-state index contributed by atoms with van der Waals surface area (Å²) in [6, 6.07) is 0. The van der Waals surface area contributed by atoms with Gasteiger partial charge in [-0.1, -0.05) is 194 Å². The molecule has 0 aromatic rings. The lowest BCUT2D eigenvalue weighted by molar-refractivity contribution is 0.367. The minimum Gasteiger partial charge on any atom is -0.0654 e. The van der Waals surface area contributed by atoms with Crippen LogP contribution in [0.1, 0.15) is 187 Å². The van der Waals surface area contributed by atoms with Crippen molar-refractivity contribution >= 4 is 0 Å². The number of hydrogen-bond donors (Lipinski definition) is 0. The third-order valence-electron chi connectivity index (χ3n) is 7.29. The number of hydrogen-bond acceptors (Lipinski definition) is 0. The van der Waals surface area contributed by atoms with Gasteiger partial charge < -0.3 is 0 Å². The van der Waals surface area contributed by atoms with Gasteiger partial charge in [0.25, 0.3) is 0 Å². The van der Waals surface area contributed by atoms with E-state index in [4.69, 9.17) is 0 Å². The van der Waals surface area contributed by atoms with E-state index < -0.39 is 0 Å². The Bertz CT molecular complexity index is 294. The first kappa shape index (κ1) is 31.0. The fourth-order valence-corrected chi connectivity index (χ4v) is 5.06. The molecule has 1 unspecified atom stereocenters. The van der Waals surface area contributed by atoms with Gasteiger partial charge in [-0.25, -0.2) is 0 Å². The molecule has 0 fully saturated rings. The van der Waals surface area contributed by atoms with Gasteiger partial charge in [-0.2, -0.15) is 0 Å². The van der Waals surface area contributed by atoms with Crippen LogP contribution in [0.2, 0.25) is 0 Å². The minimum absolute atomic E-state index is 1.02. The maximum atomic E-state index is 4.00. The SMILES string of the molecule is [CH2]CCCCCC(CCCCCCC)CCCCCCCCCCCCCCCCC. The van der Waals surface area contributed by atoms with Crippen molar-refractivity contribution in [1.82, 2.24) is 0 Å². The second kappa shape index (κ2) is 28.0. The molecule has 0 heterocycles. The first-order valence-electron chi connectivity index (χ1n) is 15.1. The Morgan fingerprint density at radius 3 is 0.903 bits per heavy atom. The summed E-state index contributed by atoms with van der Waals surface area (Å²) in [6.45, 7) is 8.63. The van der Waals surface area contributed by atoms with E-state index in [9.17, 15) is 0 Å². The van der Waals surface area contributed by atoms with Crippen LogP contribution in [0, 0.1) is 12.8 Å². The van der Waals surface area contributed by atoms with Crippen molar-refractivity contribution in [2.75, 3.05) is 0 Å². The zero-order chi connectivity index (χ0) is 22.7. The third-order valence-corrected chi connectivity index (χ3v) is 7.29. The zero-order valence-electron chi connectivity index (χ0n) is 22.4. The molecule has 1 atom stereocenters. The molecular weight excluding hydrogens is 372 g/mol. The van der Waals surface area contributed by atoms with Crippen molar-refractivity contribution in [3.05, 3.63) is 6.92 Å². The average Bonchev–Trinajstić information content (AvgIpc) is 2.78. The van der Waals surface area contributed by atoms with Crippen LogP contribution in [0.3, 0.4) is 0 Å². The van der Waals surface area contributed by atoms with Crippen molar-refractivity contribution in [3.8, 4) is 0 Å². The summed E-state index contributed by atoms with van der Waals surface area (Å²) in [6.07, 6.45) is 39.2. The lowest BCUT2D eigenvalue weighted by atomic mass is 9.89. The van der Waals surface area contributed by atoms with Gasteiger partial charge in [0, 0.05) is 0 Å². The molecule has 31 heavy (non-hydrogen) atoms. The van der Waals surface area contributed by atoms with E-state index in [1.54, 1.807) is 0 Å². The highest BCUT2D eigenvalue weighted by Gasteiger charge is 2.08. The van der Waals surface area contributed by atoms with Crippen LogP contribution < -0.4 is 0 Å². The van der Waals surface area contributed by atoms with Crippen molar-refractivity contribution in [3.63, 3.8) is 0 Å². The van der Waals surface area contributed by atoms with Crippen LogP contribution in [0.25, 0.3) is 0 Å². The number of rotatable bonds is 27. The predicted octanol–water partition coefficient (Wildman–Crippen LogP) is 12.0. The van der Waals surface area contributed by atoms with Crippen LogP contribution in [0.15, 0.2) is 0 Å². The topological polar surface area (TPSA) is 0 Å². The summed E-state index contributed by atoms with van der Waals surface area (Å²) in [5.74, 6) is 1.02. The van der Waals surface area contributed by atoms with E-state index in [0.29, 0.717) is 0 Å². The molecule has 0 nitrogen and oxygen atoms in total. The average molecular weight is 436 g/mol. The molecule has 0 aromatic carbocycles. The highest BCUT2D eigenvalue weighted by Crippen LogP contribution is 2.24. The maximum Gasteiger partial charge on any atom is -0.0414 e. The van der Waals surface area contributed by atoms with Gasteiger partial charge in [-0.15, -0.1) is 0 Å². The fraction of sp³-hybridized carbons (Fsp3) is 0.968. The zero-order valence-corrected chi connectivity index (χ0v) is 22.4. The smallest absolute Gasteiger partial charge is 0.0414 e. The summed E-state index contributed by atoms with van der Waals surface area (Å²) in [5, 5.41) is 0. The maximum absolute atomic E-state index is 4.00. The van der Waals surface area contributed by atoms with Gasteiger partial charge in [0.15, 0.2) is 0 Å². The second-order valence-electron chi connectivity index (χ2n) is 10.5. The van der Waals surface area contributed by atoms with E-state index in [0.717, 1.165) is 12.3 Å². The lowest BCUT2D eigenvalue weighted by Gasteiger charge is -2.17. The summed E-state index contributed by atoms with van der Waals surface area (Å²) in [7, 11) is 0. The molecule has 0 aliphatic heterocycles. The van der Waals surface area contributed by atoms with Gasteiger partial charge in [0.2, 0.25) is 0 Å². The monoisotopic (exact) mass is 435 g/mol.